The minimum atomic E-state index is -0.948. The average molecular weight is 430 g/mol. The maximum Gasteiger partial charge on any atom is 0.335 e. The molecule has 1 aliphatic rings. The molecule has 0 fully saturated rings. The van der Waals surface area contributed by atoms with E-state index in [9.17, 15) is 4.79 Å². The molecule has 1 aliphatic heterocycles. The number of fused-ring (bicyclic) bond motifs is 3. The van der Waals surface area contributed by atoms with Gasteiger partial charge in [0.25, 0.3) is 0 Å². The number of nitrogens with zero attached hydrogens (tertiary/aromatic N) is 4. The second-order valence-corrected chi connectivity index (χ2v) is 7.60. The average Bonchev–Trinajstić information content (AvgIpc) is 3.25. The Balaban J connectivity index is 1.55. The van der Waals surface area contributed by atoms with Crippen LogP contribution in [0.2, 0.25) is 5.02 Å². The summed E-state index contributed by atoms with van der Waals surface area (Å²) in [5, 5.41) is 16.7. The lowest BCUT2D eigenvalue weighted by atomic mass is 9.97. The molecule has 0 bridgehead atoms. The Morgan fingerprint density at radius 3 is 2.68 bits per heavy atom. The standard InChI is InChI=1S/C23H16ClN5O2/c24-16-5-6-17-18(10-16)22(19-7-8-27-29-19)26-12-15-11-25-20(28-21(15)17)9-13-1-3-14(4-2-13)23(30)31/h1-8,10-11H,9,12H2,(H,27,29)(H,30,31). The minimum absolute atomic E-state index is 0.251. The van der Waals surface area contributed by atoms with Gasteiger partial charge in [-0.2, -0.15) is 5.10 Å². The van der Waals surface area contributed by atoms with E-state index in [4.69, 9.17) is 26.7 Å². The van der Waals surface area contributed by atoms with Crippen molar-refractivity contribution in [2.75, 3.05) is 0 Å². The van der Waals surface area contributed by atoms with Crippen molar-refractivity contribution in [2.24, 2.45) is 4.99 Å². The number of aromatic carboxylic acids is 1. The third-order valence-electron chi connectivity index (χ3n) is 5.13. The second-order valence-electron chi connectivity index (χ2n) is 7.16. The molecule has 2 aromatic carbocycles. The lowest BCUT2D eigenvalue weighted by molar-refractivity contribution is 0.0697. The quantitative estimate of drug-likeness (QED) is 0.507. The molecule has 0 aliphatic carbocycles. The van der Waals surface area contributed by atoms with E-state index in [1.54, 1.807) is 36.7 Å². The molecule has 0 atom stereocenters. The van der Waals surface area contributed by atoms with Crippen molar-refractivity contribution >= 4 is 23.3 Å². The number of carboxylic acid groups (broad SMARTS) is 1. The Morgan fingerprint density at radius 2 is 1.94 bits per heavy atom. The van der Waals surface area contributed by atoms with E-state index in [-0.39, 0.29) is 5.56 Å². The molecule has 31 heavy (non-hydrogen) atoms. The summed E-state index contributed by atoms with van der Waals surface area (Å²) >= 11 is 6.30. The molecule has 8 heteroatoms. The van der Waals surface area contributed by atoms with Crippen molar-refractivity contribution in [3.8, 4) is 11.3 Å². The van der Waals surface area contributed by atoms with Crippen LogP contribution in [0.15, 0.2) is 65.9 Å². The first-order valence-corrected chi connectivity index (χ1v) is 9.98. The van der Waals surface area contributed by atoms with Crippen LogP contribution in [0.3, 0.4) is 0 Å². The fraction of sp³-hybridized carbons (Fsp3) is 0.0870. The SMILES string of the molecule is O=C(O)c1ccc(Cc2ncc3c(n2)-c2ccc(Cl)cc2C(c2ccn[nH]2)=NC3)cc1. The highest BCUT2D eigenvalue weighted by Gasteiger charge is 2.22. The first kappa shape index (κ1) is 19.1. The Kier molecular flexibility index (Phi) is 4.80. The van der Waals surface area contributed by atoms with Gasteiger partial charge in [0.05, 0.1) is 29.2 Å². The van der Waals surface area contributed by atoms with Crippen molar-refractivity contribution in [3.05, 3.63) is 99.7 Å². The molecular weight excluding hydrogens is 414 g/mol. The van der Waals surface area contributed by atoms with Gasteiger partial charge >= 0.3 is 5.97 Å². The molecule has 2 aromatic heterocycles. The highest BCUT2D eigenvalue weighted by atomic mass is 35.5. The van der Waals surface area contributed by atoms with Crippen molar-refractivity contribution < 1.29 is 9.90 Å². The van der Waals surface area contributed by atoms with Crippen LogP contribution in [-0.2, 0) is 13.0 Å². The molecule has 3 heterocycles. The number of H-pyrrole nitrogens is 1. The zero-order valence-electron chi connectivity index (χ0n) is 16.2. The summed E-state index contributed by atoms with van der Waals surface area (Å²) in [4.78, 5) is 25.2. The van der Waals surface area contributed by atoms with Crippen molar-refractivity contribution in [1.82, 2.24) is 20.2 Å². The molecule has 0 spiro atoms. The van der Waals surface area contributed by atoms with Gasteiger partial charge in [-0.3, -0.25) is 10.1 Å². The van der Waals surface area contributed by atoms with Crippen LogP contribution in [-0.4, -0.2) is 37.0 Å². The molecule has 0 unspecified atom stereocenters. The second kappa shape index (κ2) is 7.77. The molecule has 2 N–H and O–H groups in total. The smallest absolute Gasteiger partial charge is 0.335 e. The Labute approximate surface area is 182 Å². The Morgan fingerprint density at radius 1 is 1.10 bits per heavy atom. The highest BCUT2D eigenvalue weighted by Crippen LogP contribution is 2.32. The maximum atomic E-state index is 11.1. The summed E-state index contributed by atoms with van der Waals surface area (Å²) in [6.45, 7) is 0.434. The van der Waals surface area contributed by atoms with Crippen LogP contribution >= 0.6 is 11.6 Å². The Bertz CT molecular complexity index is 1310. The van der Waals surface area contributed by atoms with Crippen LogP contribution in [0.5, 0.6) is 0 Å². The number of carboxylic acids is 1. The van der Waals surface area contributed by atoms with Crippen LogP contribution in [0, 0.1) is 0 Å². The molecular formula is C23H16ClN5O2. The molecule has 0 saturated heterocycles. The van der Waals surface area contributed by atoms with E-state index >= 15 is 0 Å². The van der Waals surface area contributed by atoms with E-state index in [2.05, 4.69) is 15.2 Å². The van der Waals surface area contributed by atoms with Crippen molar-refractivity contribution in [2.45, 2.75) is 13.0 Å². The number of nitrogens with one attached hydrogen (secondary N) is 1. The molecule has 152 valence electrons. The van der Waals surface area contributed by atoms with Gasteiger partial charge in [0.1, 0.15) is 5.82 Å². The van der Waals surface area contributed by atoms with Gasteiger partial charge in [0.15, 0.2) is 0 Å². The zero-order valence-corrected chi connectivity index (χ0v) is 17.0. The van der Waals surface area contributed by atoms with Gasteiger partial charge in [0.2, 0.25) is 0 Å². The molecule has 4 aromatic rings. The van der Waals surface area contributed by atoms with E-state index in [0.717, 1.165) is 39.4 Å². The van der Waals surface area contributed by atoms with Crippen molar-refractivity contribution in [1.29, 1.82) is 0 Å². The normalized spacial score (nSPS) is 12.5. The van der Waals surface area contributed by atoms with Crippen molar-refractivity contribution in [3.63, 3.8) is 0 Å². The summed E-state index contributed by atoms with van der Waals surface area (Å²) in [5.74, 6) is -0.302. The highest BCUT2D eigenvalue weighted by molar-refractivity contribution is 6.31. The number of aromatic amines is 1. The van der Waals surface area contributed by atoms with Crippen LogP contribution in [0.1, 0.15) is 38.6 Å². The van der Waals surface area contributed by atoms with E-state index in [1.165, 1.54) is 0 Å². The van der Waals surface area contributed by atoms with E-state index in [1.807, 2.05) is 24.3 Å². The van der Waals surface area contributed by atoms with Gasteiger partial charge in [-0.1, -0.05) is 29.8 Å². The van der Waals surface area contributed by atoms with Crippen LogP contribution in [0.25, 0.3) is 11.3 Å². The van der Waals surface area contributed by atoms with Crippen LogP contribution in [0.4, 0.5) is 0 Å². The molecule has 0 radical (unpaired) electrons. The number of halogens is 1. The fourth-order valence-electron chi connectivity index (χ4n) is 3.61. The lowest BCUT2D eigenvalue weighted by Gasteiger charge is -2.11. The lowest BCUT2D eigenvalue weighted by Crippen LogP contribution is -2.06. The Hall–Kier alpha value is -3.84. The maximum absolute atomic E-state index is 11.1. The third-order valence-corrected chi connectivity index (χ3v) is 5.37. The first-order chi connectivity index (χ1) is 15.1. The number of hydrogen-bond acceptors (Lipinski definition) is 5. The van der Waals surface area contributed by atoms with E-state index < -0.39 is 5.97 Å². The molecule has 5 rings (SSSR count). The summed E-state index contributed by atoms with van der Waals surface area (Å²) in [5.41, 5.74) is 6.31. The molecule has 7 nitrogen and oxygen atoms in total. The minimum Gasteiger partial charge on any atom is -0.478 e. The predicted molar refractivity (Wildman–Crippen MR) is 117 cm³/mol. The van der Waals surface area contributed by atoms with Gasteiger partial charge in [-0.15, -0.1) is 0 Å². The summed E-state index contributed by atoms with van der Waals surface area (Å²) in [6, 6.07) is 14.3. The summed E-state index contributed by atoms with van der Waals surface area (Å²) in [7, 11) is 0. The number of rotatable bonds is 4. The topological polar surface area (TPSA) is 104 Å². The number of carbonyl (C=O) groups is 1. The number of aromatic nitrogens is 4. The van der Waals surface area contributed by atoms with Gasteiger partial charge < -0.3 is 5.11 Å². The van der Waals surface area contributed by atoms with Gasteiger partial charge in [0, 0.05) is 40.5 Å². The number of aliphatic imine (C=N–C) groups is 1. The fourth-order valence-corrected chi connectivity index (χ4v) is 3.78. The first-order valence-electron chi connectivity index (χ1n) is 9.60. The third kappa shape index (κ3) is 3.71. The molecule has 0 amide bonds. The monoisotopic (exact) mass is 429 g/mol. The molecule has 0 saturated carbocycles. The van der Waals surface area contributed by atoms with Crippen LogP contribution < -0.4 is 0 Å². The zero-order chi connectivity index (χ0) is 21.4. The predicted octanol–water partition coefficient (Wildman–Crippen LogP) is 4.16. The number of hydrogen-bond donors (Lipinski definition) is 2. The van der Waals surface area contributed by atoms with Gasteiger partial charge in [-0.25, -0.2) is 14.8 Å². The summed E-state index contributed by atoms with van der Waals surface area (Å²) < 4.78 is 0. The largest absolute Gasteiger partial charge is 0.478 e. The van der Waals surface area contributed by atoms with Gasteiger partial charge in [-0.05, 0) is 35.9 Å². The summed E-state index contributed by atoms with van der Waals surface area (Å²) in [6.07, 6.45) is 3.99. The van der Waals surface area contributed by atoms with E-state index in [0.29, 0.717) is 23.8 Å². The number of benzene rings is 2.